The van der Waals surface area contributed by atoms with Crippen molar-refractivity contribution < 1.29 is 28.5 Å². The molecule has 0 amide bonds. The molecule has 2 aromatic rings. The van der Waals surface area contributed by atoms with Gasteiger partial charge >= 0.3 is 11.9 Å². The van der Waals surface area contributed by atoms with Crippen LogP contribution in [-0.4, -0.2) is 73.4 Å². The van der Waals surface area contributed by atoms with Gasteiger partial charge in [-0.1, -0.05) is 5.21 Å². The van der Waals surface area contributed by atoms with E-state index in [1.165, 1.54) is 14.2 Å². The molecular formula is C20H28N4O6. The average molecular weight is 420 g/mol. The number of carbonyl (C=O) groups is 2. The van der Waals surface area contributed by atoms with Crippen molar-refractivity contribution in [3.05, 3.63) is 35.7 Å². The second-order valence-electron chi connectivity index (χ2n) is 6.56. The van der Waals surface area contributed by atoms with Crippen LogP contribution in [0.2, 0.25) is 0 Å². The van der Waals surface area contributed by atoms with Crippen LogP contribution < -0.4 is 9.47 Å². The molecule has 1 aromatic heterocycles. The van der Waals surface area contributed by atoms with Gasteiger partial charge in [-0.2, -0.15) is 0 Å². The molecular weight excluding hydrogens is 392 g/mol. The maximum Gasteiger partial charge on any atom is 0.306 e. The number of aromatic nitrogens is 3. The highest BCUT2D eigenvalue weighted by Gasteiger charge is 2.14. The van der Waals surface area contributed by atoms with Crippen LogP contribution in [0.5, 0.6) is 11.5 Å². The van der Waals surface area contributed by atoms with Gasteiger partial charge < -0.3 is 18.9 Å². The summed E-state index contributed by atoms with van der Waals surface area (Å²) in [4.78, 5) is 24.9. The van der Waals surface area contributed by atoms with Crippen LogP contribution in [0, 0.1) is 0 Å². The summed E-state index contributed by atoms with van der Waals surface area (Å²) in [6.45, 7) is 1.80. The number of carbonyl (C=O) groups excluding carboxylic acids is 2. The molecule has 0 fully saturated rings. The number of nitrogens with zero attached hydrogens (tertiary/aromatic N) is 4. The first-order chi connectivity index (χ1) is 14.5. The zero-order valence-electron chi connectivity index (χ0n) is 17.8. The van der Waals surface area contributed by atoms with E-state index in [9.17, 15) is 9.59 Å². The third kappa shape index (κ3) is 7.36. The molecule has 0 unspecified atom stereocenters. The third-order valence-corrected chi connectivity index (χ3v) is 4.45. The zero-order chi connectivity index (χ0) is 21.9. The largest absolute Gasteiger partial charge is 0.497 e. The first kappa shape index (κ1) is 23.1. The van der Waals surface area contributed by atoms with Crippen molar-refractivity contribution in [3.8, 4) is 11.5 Å². The summed E-state index contributed by atoms with van der Waals surface area (Å²) in [5, 5.41) is 8.38. The predicted octanol–water partition coefficient (Wildman–Crippen LogP) is 1.27. The van der Waals surface area contributed by atoms with Gasteiger partial charge in [0, 0.05) is 25.7 Å². The van der Waals surface area contributed by atoms with E-state index in [-0.39, 0.29) is 24.8 Å². The lowest BCUT2D eigenvalue weighted by molar-refractivity contribution is -0.141. The van der Waals surface area contributed by atoms with Crippen molar-refractivity contribution in [1.82, 2.24) is 19.9 Å². The second-order valence-corrected chi connectivity index (χ2v) is 6.56. The molecule has 0 bridgehead atoms. The fourth-order valence-electron chi connectivity index (χ4n) is 2.83. The number of esters is 2. The van der Waals surface area contributed by atoms with Crippen LogP contribution >= 0.6 is 0 Å². The Morgan fingerprint density at radius 2 is 1.50 bits per heavy atom. The Bertz CT molecular complexity index is 796. The quantitative estimate of drug-likeness (QED) is 0.469. The Balaban J connectivity index is 2.04. The van der Waals surface area contributed by atoms with Gasteiger partial charge in [0.15, 0.2) is 0 Å². The zero-order valence-corrected chi connectivity index (χ0v) is 17.8. The molecule has 0 saturated carbocycles. The summed E-state index contributed by atoms with van der Waals surface area (Å²) < 4.78 is 21.7. The highest BCUT2D eigenvalue weighted by atomic mass is 16.5. The van der Waals surface area contributed by atoms with E-state index in [0.717, 1.165) is 11.3 Å². The standard InChI is InChI=1S/C20H28N4O6/c1-27-17-9-15(10-18(11-17)28-2)12-24-14-16(21-22-24)13-23(7-5-19(25)29-3)8-6-20(26)30-4/h9-11,14H,5-8,12-13H2,1-4H3. The minimum atomic E-state index is -0.311. The van der Waals surface area contributed by atoms with Gasteiger partial charge in [0.2, 0.25) is 0 Å². The van der Waals surface area contributed by atoms with Crippen molar-refractivity contribution in [2.45, 2.75) is 25.9 Å². The Morgan fingerprint density at radius 3 is 2.00 bits per heavy atom. The first-order valence-electron chi connectivity index (χ1n) is 9.44. The van der Waals surface area contributed by atoms with E-state index in [0.29, 0.717) is 37.7 Å². The predicted molar refractivity (Wildman–Crippen MR) is 107 cm³/mol. The van der Waals surface area contributed by atoms with E-state index in [2.05, 4.69) is 10.3 Å². The van der Waals surface area contributed by atoms with E-state index < -0.39 is 0 Å². The molecule has 164 valence electrons. The number of rotatable bonds is 12. The Hall–Kier alpha value is -3.14. The van der Waals surface area contributed by atoms with Crippen molar-refractivity contribution in [3.63, 3.8) is 0 Å². The van der Waals surface area contributed by atoms with Gasteiger partial charge in [-0.15, -0.1) is 5.10 Å². The summed E-state index contributed by atoms with van der Waals surface area (Å²) in [7, 11) is 5.90. The van der Waals surface area contributed by atoms with E-state index >= 15 is 0 Å². The van der Waals surface area contributed by atoms with Crippen molar-refractivity contribution >= 4 is 11.9 Å². The first-order valence-corrected chi connectivity index (χ1v) is 9.44. The smallest absolute Gasteiger partial charge is 0.306 e. The minimum Gasteiger partial charge on any atom is -0.497 e. The fourth-order valence-corrected chi connectivity index (χ4v) is 2.83. The molecule has 2 rings (SSSR count). The summed E-state index contributed by atoms with van der Waals surface area (Å²) in [6.07, 6.45) is 2.26. The van der Waals surface area contributed by atoms with Gasteiger partial charge in [-0.25, -0.2) is 4.68 Å². The van der Waals surface area contributed by atoms with Crippen LogP contribution in [-0.2, 0) is 32.2 Å². The summed E-state index contributed by atoms with van der Waals surface area (Å²) in [5.74, 6) is 0.769. The van der Waals surface area contributed by atoms with Crippen molar-refractivity contribution in [1.29, 1.82) is 0 Å². The van der Waals surface area contributed by atoms with E-state index in [1.807, 2.05) is 23.2 Å². The number of hydrogen-bond donors (Lipinski definition) is 0. The van der Waals surface area contributed by atoms with Crippen molar-refractivity contribution in [2.75, 3.05) is 41.5 Å². The lowest BCUT2D eigenvalue weighted by Gasteiger charge is -2.19. The minimum absolute atomic E-state index is 0.218. The lowest BCUT2D eigenvalue weighted by atomic mass is 10.2. The van der Waals surface area contributed by atoms with Gasteiger partial charge in [-0.05, 0) is 17.7 Å². The van der Waals surface area contributed by atoms with Gasteiger partial charge in [-0.3, -0.25) is 14.5 Å². The summed E-state index contributed by atoms with van der Waals surface area (Å²) >= 11 is 0. The Kier molecular flexibility index (Phi) is 9.07. The molecule has 1 heterocycles. The molecule has 0 aliphatic heterocycles. The van der Waals surface area contributed by atoms with E-state index in [1.54, 1.807) is 25.0 Å². The molecule has 30 heavy (non-hydrogen) atoms. The van der Waals surface area contributed by atoms with Crippen molar-refractivity contribution in [2.24, 2.45) is 0 Å². The fraction of sp³-hybridized carbons (Fsp3) is 0.500. The number of methoxy groups -OCH3 is 4. The third-order valence-electron chi connectivity index (χ3n) is 4.45. The number of hydrogen-bond acceptors (Lipinski definition) is 9. The molecule has 1 aromatic carbocycles. The maximum absolute atomic E-state index is 11.5. The van der Waals surface area contributed by atoms with Gasteiger partial charge in [0.25, 0.3) is 0 Å². The summed E-state index contributed by atoms with van der Waals surface area (Å²) in [6, 6.07) is 5.61. The molecule has 0 atom stereocenters. The molecule has 0 aliphatic carbocycles. The maximum atomic E-state index is 11.5. The molecule has 0 saturated heterocycles. The molecule has 10 nitrogen and oxygen atoms in total. The molecule has 0 aliphatic rings. The lowest BCUT2D eigenvalue weighted by Crippen LogP contribution is -2.29. The Labute approximate surface area is 175 Å². The molecule has 0 spiro atoms. The Morgan fingerprint density at radius 1 is 0.933 bits per heavy atom. The average Bonchev–Trinajstić information content (AvgIpc) is 3.21. The highest BCUT2D eigenvalue weighted by molar-refractivity contribution is 5.70. The topological polar surface area (TPSA) is 105 Å². The highest BCUT2D eigenvalue weighted by Crippen LogP contribution is 2.23. The van der Waals surface area contributed by atoms with E-state index in [4.69, 9.17) is 18.9 Å². The van der Waals surface area contributed by atoms with Crippen LogP contribution in [0.1, 0.15) is 24.1 Å². The molecule has 0 radical (unpaired) electrons. The number of benzene rings is 1. The number of ether oxygens (including phenoxy) is 4. The molecule has 0 N–H and O–H groups in total. The second kappa shape index (κ2) is 11.8. The van der Waals surface area contributed by atoms with Crippen LogP contribution in [0.15, 0.2) is 24.4 Å². The van der Waals surface area contributed by atoms with Gasteiger partial charge in [0.05, 0.1) is 59.7 Å². The SMILES string of the molecule is COC(=O)CCN(CCC(=O)OC)Cc1cn(Cc2cc(OC)cc(OC)c2)nn1. The van der Waals surface area contributed by atoms with Crippen LogP contribution in [0.4, 0.5) is 0 Å². The summed E-state index contributed by atoms with van der Waals surface area (Å²) in [5.41, 5.74) is 1.68. The van der Waals surface area contributed by atoms with Gasteiger partial charge in [0.1, 0.15) is 11.5 Å². The van der Waals surface area contributed by atoms with Crippen LogP contribution in [0.25, 0.3) is 0 Å². The normalized spacial score (nSPS) is 10.7. The molecule has 10 heteroatoms. The monoisotopic (exact) mass is 420 g/mol. The van der Waals surface area contributed by atoms with Crippen LogP contribution in [0.3, 0.4) is 0 Å².